The normalized spacial score (nSPS) is 32.3. The van der Waals surface area contributed by atoms with Crippen molar-refractivity contribution in [3.05, 3.63) is 12.2 Å². The van der Waals surface area contributed by atoms with Crippen LogP contribution in [0.2, 0.25) is 0 Å². The summed E-state index contributed by atoms with van der Waals surface area (Å²) in [4.78, 5) is 34.5. The lowest BCUT2D eigenvalue weighted by molar-refractivity contribution is -0.162. The van der Waals surface area contributed by atoms with Gasteiger partial charge in [0.2, 0.25) is 0 Å². The van der Waals surface area contributed by atoms with Crippen LogP contribution in [0, 0.1) is 5.92 Å². The van der Waals surface area contributed by atoms with Crippen LogP contribution < -0.4 is 0 Å². The quantitative estimate of drug-likeness (QED) is 0.261. The van der Waals surface area contributed by atoms with Crippen molar-refractivity contribution in [3.8, 4) is 0 Å². The Bertz CT molecular complexity index is 791. The molecule has 10 nitrogen and oxygen atoms in total. The van der Waals surface area contributed by atoms with E-state index in [1.807, 2.05) is 0 Å². The van der Waals surface area contributed by atoms with Crippen molar-refractivity contribution in [2.45, 2.75) is 36.1 Å². The summed E-state index contributed by atoms with van der Waals surface area (Å²) in [6.45, 7) is 2.09. The molecule has 5 atom stereocenters. The van der Waals surface area contributed by atoms with Gasteiger partial charge in [-0.25, -0.2) is 9.59 Å². The molecule has 26 heavy (non-hydrogen) atoms. The van der Waals surface area contributed by atoms with Gasteiger partial charge in [-0.05, 0) is 6.42 Å². The van der Waals surface area contributed by atoms with E-state index in [4.69, 9.17) is 18.8 Å². The van der Waals surface area contributed by atoms with E-state index in [1.54, 1.807) is 0 Å². The van der Waals surface area contributed by atoms with Crippen LogP contribution in [0.1, 0.15) is 6.42 Å². The second-order valence-electron chi connectivity index (χ2n) is 5.92. The van der Waals surface area contributed by atoms with Gasteiger partial charge in [-0.1, -0.05) is 6.58 Å². The molecule has 0 aromatic heterocycles. The van der Waals surface area contributed by atoms with Crippen LogP contribution in [0.5, 0.6) is 0 Å². The Hall–Kier alpha value is -2.12. The van der Waals surface area contributed by atoms with E-state index in [-0.39, 0.29) is 0 Å². The van der Waals surface area contributed by atoms with Crippen LogP contribution in [-0.4, -0.2) is 67.2 Å². The molecule has 2 bridgehead atoms. The number of rotatable bonds is 6. The van der Waals surface area contributed by atoms with Gasteiger partial charge in [0.15, 0.2) is 12.2 Å². The minimum absolute atomic E-state index is 0.306. The third kappa shape index (κ3) is 2.85. The Labute approximate surface area is 144 Å². The van der Waals surface area contributed by atoms with E-state index < -0.39 is 75.8 Å². The molecular formula is C13H12F2O10S. The minimum atomic E-state index is -6.02. The zero-order chi connectivity index (χ0) is 19.4. The summed E-state index contributed by atoms with van der Waals surface area (Å²) in [5, 5.41) is -5.19. The maximum atomic E-state index is 13.0. The molecule has 0 saturated carbocycles. The van der Waals surface area contributed by atoms with Crippen LogP contribution >= 0.6 is 0 Å². The Morgan fingerprint density at radius 1 is 1.35 bits per heavy atom. The highest BCUT2D eigenvalue weighted by atomic mass is 32.2. The third-order valence-corrected chi connectivity index (χ3v) is 5.07. The van der Waals surface area contributed by atoms with Gasteiger partial charge in [0.1, 0.15) is 12.7 Å². The van der Waals surface area contributed by atoms with E-state index >= 15 is 0 Å². The van der Waals surface area contributed by atoms with Gasteiger partial charge in [-0.2, -0.15) is 17.2 Å². The maximum absolute atomic E-state index is 13.0. The number of alkyl halides is 2. The molecule has 0 radical (unpaired) electrons. The van der Waals surface area contributed by atoms with Gasteiger partial charge < -0.3 is 18.9 Å². The summed E-state index contributed by atoms with van der Waals surface area (Å²) in [6, 6.07) is 0. The molecule has 13 heteroatoms. The van der Waals surface area contributed by atoms with Crippen LogP contribution in [0.25, 0.3) is 0 Å². The van der Waals surface area contributed by atoms with Crippen LogP contribution in [0.15, 0.2) is 12.2 Å². The molecule has 0 aromatic rings. The summed E-state index contributed by atoms with van der Waals surface area (Å²) in [5.74, 6) is -4.58. The molecule has 144 valence electrons. The second kappa shape index (κ2) is 5.96. The molecule has 3 aliphatic rings. The van der Waals surface area contributed by atoms with E-state index in [0.717, 1.165) is 0 Å². The van der Waals surface area contributed by atoms with Gasteiger partial charge in [0.05, 0.1) is 17.6 Å². The molecule has 0 spiro atoms. The van der Waals surface area contributed by atoms with Crippen molar-refractivity contribution < 1.29 is 55.1 Å². The zero-order valence-electron chi connectivity index (χ0n) is 12.8. The SMILES string of the molecule is C=C(COC(=O)C(F)(F)S(=O)(=O)O)C(=O)OC1C2CC3C(=O)OC1C3O2. The molecular weight excluding hydrogens is 386 g/mol. The topological polar surface area (TPSA) is 142 Å². The lowest BCUT2D eigenvalue weighted by atomic mass is 9.88. The average Bonchev–Trinajstić information content (AvgIpc) is 3.15. The molecule has 3 aliphatic heterocycles. The molecule has 1 N–H and O–H groups in total. The summed E-state index contributed by atoms with van der Waals surface area (Å²) < 4.78 is 74.7. The Balaban J connectivity index is 1.54. The molecule has 5 unspecified atom stereocenters. The maximum Gasteiger partial charge on any atom is 0.465 e. The van der Waals surface area contributed by atoms with Gasteiger partial charge in [-0.15, -0.1) is 0 Å². The molecule has 3 heterocycles. The average molecular weight is 398 g/mol. The van der Waals surface area contributed by atoms with Gasteiger partial charge in [-0.3, -0.25) is 9.35 Å². The number of carbonyl (C=O) groups is 3. The predicted molar refractivity (Wildman–Crippen MR) is 73.1 cm³/mol. The van der Waals surface area contributed by atoms with Crippen molar-refractivity contribution >= 4 is 28.0 Å². The van der Waals surface area contributed by atoms with Gasteiger partial charge >= 0.3 is 33.3 Å². The molecule has 0 aliphatic carbocycles. The number of hydrogen-bond acceptors (Lipinski definition) is 9. The summed E-state index contributed by atoms with van der Waals surface area (Å²) in [7, 11) is -6.02. The number of esters is 3. The molecule has 3 saturated heterocycles. The molecule has 0 aromatic carbocycles. The monoisotopic (exact) mass is 398 g/mol. The largest absolute Gasteiger partial charge is 0.465 e. The first-order valence-electron chi connectivity index (χ1n) is 7.20. The number of halogens is 2. The number of ether oxygens (including phenoxy) is 4. The lowest BCUT2D eigenvalue weighted by Crippen LogP contribution is -2.41. The smallest absolute Gasteiger partial charge is 0.455 e. The van der Waals surface area contributed by atoms with E-state index in [1.165, 1.54) is 0 Å². The number of carbonyl (C=O) groups excluding carboxylic acids is 3. The van der Waals surface area contributed by atoms with E-state index in [2.05, 4.69) is 11.3 Å². The minimum Gasteiger partial charge on any atom is -0.455 e. The lowest BCUT2D eigenvalue weighted by Gasteiger charge is -2.22. The first-order valence-corrected chi connectivity index (χ1v) is 8.64. The van der Waals surface area contributed by atoms with E-state index in [9.17, 15) is 31.6 Å². The van der Waals surface area contributed by atoms with Crippen LogP contribution in [0.4, 0.5) is 8.78 Å². The molecule has 3 rings (SSSR count). The Kier molecular flexibility index (Phi) is 4.28. The van der Waals surface area contributed by atoms with Gasteiger partial charge in [0.25, 0.3) is 0 Å². The molecule has 3 fully saturated rings. The van der Waals surface area contributed by atoms with Crippen molar-refractivity contribution in [2.24, 2.45) is 5.92 Å². The fourth-order valence-electron chi connectivity index (χ4n) is 2.99. The van der Waals surface area contributed by atoms with Crippen LogP contribution in [0.3, 0.4) is 0 Å². The van der Waals surface area contributed by atoms with Crippen molar-refractivity contribution in [2.75, 3.05) is 6.61 Å². The van der Waals surface area contributed by atoms with Gasteiger partial charge in [0, 0.05) is 0 Å². The fourth-order valence-corrected chi connectivity index (χ4v) is 3.26. The highest BCUT2D eigenvalue weighted by molar-refractivity contribution is 7.87. The summed E-state index contributed by atoms with van der Waals surface area (Å²) in [6.07, 6.45) is -2.48. The fraction of sp³-hybridized carbons (Fsp3) is 0.615. The van der Waals surface area contributed by atoms with Crippen molar-refractivity contribution in [1.82, 2.24) is 0 Å². The van der Waals surface area contributed by atoms with Crippen LogP contribution in [-0.2, 0) is 43.4 Å². The first-order chi connectivity index (χ1) is 11.9. The van der Waals surface area contributed by atoms with E-state index in [0.29, 0.717) is 6.42 Å². The third-order valence-electron chi connectivity index (χ3n) is 4.25. The Morgan fingerprint density at radius 2 is 2.00 bits per heavy atom. The second-order valence-corrected chi connectivity index (χ2v) is 7.39. The zero-order valence-corrected chi connectivity index (χ0v) is 13.6. The Morgan fingerprint density at radius 3 is 2.62 bits per heavy atom. The highest BCUT2D eigenvalue weighted by Crippen LogP contribution is 2.47. The standard InChI is InChI=1S/C13H12F2O10S/c1-4(3-22-12(18)13(14,15)26(19,20)21)10(16)24-8-6-2-5-7(23-6)9(8)25-11(5)17/h5-9H,1-3H2,(H,19,20,21). The highest BCUT2D eigenvalue weighted by Gasteiger charge is 2.65. The molecule has 0 amide bonds. The number of fused-ring (bicyclic) bond motifs is 1. The first kappa shape index (κ1) is 18.7. The summed E-state index contributed by atoms with van der Waals surface area (Å²) >= 11 is 0. The van der Waals surface area contributed by atoms with Crippen molar-refractivity contribution in [1.29, 1.82) is 0 Å². The number of hydrogen-bond donors (Lipinski definition) is 1. The van der Waals surface area contributed by atoms with Crippen molar-refractivity contribution in [3.63, 3.8) is 0 Å². The predicted octanol–water partition coefficient (Wildman–Crippen LogP) is -0.809. The summed E-state index contributed by atoms with van der Waals surface area (Å²) in [5.41, 5.74) is -0.576.